The van der Waals surface area contributed by atoms with Gasteiger partial charge in [-0.15, -0.1) is 11.3 Å². The Morgan fingerprint density at radius 2 is 2.24 bits per heavy atom. The first-order chi connectivity index (χ1) is 12.2. The zero-order valence-electron chi connectivity index (χ0n) is 15.4. The molecule has 1 aliphatic carbocycles. The highest BCUT2D eigenvalue weighted by Crippen LogP contribution is 2.42. The van der Waals surface area contributed by atoms with Gasteiger partial charge in [0.15, 0.2) is 5.96 Å². The SMILES string of the molecule is CCC1(CNC(=NC)NCCC(=O)N2CCc3sccc3C2)CCC1. The molecule has 2 N–H and O–H groups in total. The van der Waals surface area contributed by atoms with E-state index in [9.17, 15) is 4.79 Å². The third-order valence-electron chi connectivity index (χ3n) is 5.81. The number of aliphatic imine (C=N–C) groups is 1. The third kappa shape index (κ3) is 4.35. The number of hydrogen-bond donors (Lipinski definition) is 2. The second kappa shape index (κ2) is 8.21. The molecular weight excluding hydrogens is 332 g/mol. The lowest BCUT2D eigenvalue weighted by Gasteiger charge is -2.41. The summed E-state index contributed by atoms with van der Waals surface area (Å²) in [5, 5.41) is 8.86. The van der Waals surface area contributed by atoms with Gasteiger partial charge in [0, 0.05) is 44.5 Å². The van der Waals surface area contributed by atoms with Crippen LogP contribution in [-0.2, 0) is 17.8 Å². The van der Waals surface area contributed by atoms with Crippen molar-refractivity contribution in [3.8, 4) is 0 Å². The van der Waals surface area contributed by atoms with Gasteiger partial charge >= 0.3 is 0 Å². The Morgan fingerprint density at radius 3 is 2.92 bits per heavy atom. The highest BCUT2D eigenvalue weighted by Gasteiger charge is 2.34. The molecule has 1 saturated carbocycles. The van der Waals surface area contributed by atoms with E-state index in [2.05, 4.69) is 34.0 Å². The fourth-order valence-corrected chi connectivity index (χ4v) is 4.62. The Balaban J connectivity index is 1.38. The molecule has 0 atom stereocenters. The molecule has 6 heteroatoms. The summed E-state index contributed by atoms with van der Waals surface area (Å²) in [7, 11) is 1.79. The molecule has 25 heavy (non-hydrogen) atoms. The van der Waals surface area contributed by atoms with Crippen LogP contribution < -0.4 is 10.6 Å². The zero-order valence-corrected chi connectivity index (χ0v) is 16.3. The van der Waals surface area contributed by atoms with Gasteiger partial charge in [-0.1, -0.05) is 13.3 Å². The average molecular weight is 363 g/mol. The number of amides is 1. The fourth-order valence-electron chi connectivity index (χ4n) is 3.73. The van der Waals surface area contributed by atoms with E-state index in [1.165, 1.54) is 36.1 Å². The van der Waals surface area contributed by atoms with Crippen molar-refractivity contribution in [2.24, 2.45) is 10.4 Å². The number of carbonyl (C=O) groups is 1. The van der Waals surface area contributed by atoms with Gasteiger partial charge in [0.05, 0.1) is 0 Å². The van der Waals surface area contributed by atoms with Gasteiger partial charge in [-0.2, -0.15) is 0 Å². The van der Waals surface area contributed by atoms with Gasteiger partial charge in [0.25, 0.3) is 0 Å². The van der Waals surface area contributed by atoms with Crippen LogP contribution in [0.15, 0.2) is 16.4 Å². The lowest BCUT2D eigenvalue weighted by molar-refractivity contribution is -0.131. The molecule has 3 rings (SSSR count). The van der Waals surface area contributed by atoms with Crippen molar-refractivity contribution >= 4 is 23.2 Å². The molecular formula is C19H30N4OS. The molecule has 0 bridgehead atoms. The van der Waals surface area contributed by atoms with Crippen LogP contribution in [-0.4, -0.2) is 43.4 Å². The summed E-state index contributed by atoms with van der Waals surface area (Å²) in [6.45, 7) is 5.49. The van der Waals surface area contributed by atoms with E-state index >= 15 is 0 Å². The van der Waals surface area contributed by atoms with Crippen LogP contribution in [0.5, 0.6) is 0 Å². The van der Waals surface area contributed by atoms with Gasteiger partial charge in [0.1, 0.15) is 0 Å². The summed E-state index contributed by atoms with van der Waals surface area (Å²) >= 11 is 1.81. The van der Waals surface area contributed by atoms with Crippen LogP contribution in [0, 0.1) is 5.41 Å². The van der Waals surface area contributed by atoms with Crippen molar-refractivity contribution < 1.29 is 4.79 Å². The number of nitrogens with zero attached hydrogens (tertiary/aromatic N) is 2. The summed E-state index contributed by atoms with van der Waals surface area (Å²) in [5.41, 5.74) is 1.78. The molecule has 2 heterocycles. The largest absolute Gasteiger partial charge is 0.356 e. The minimum atomic E-state index is 0.226. The fraction of sp³-hybridized carbons (Fsp3) is 0.684. The van der Waals surface area contributed by atoms with Crippen molar-refractivity contribution in [1.29, 1.82) is 0 Å². The molecule has 0 unspecified atom stereocenters. The molecule has 0 saturated heterocycles. The second-order valence-corrected chi connectivity index (χ2v) is 8.24. The van der Waals surface area contributed by atoms with Crippen molar-refractivity contribution in [2.75, 3.05) is 26.7 Å². The molecule has 0 spiro atoms. The van der Waals surface area contributed by atoms with Crippen LogP contribution in [0.1, 0.15) is 49.5 Å². The zero-order chi connectivity index (χ0) is 17.7. The normalized spacial score (nSPS) is 19.1. The maximum Gasteiger partial charge on any atom is 0.224 e. The highest BCUT2D eigenvalue weighted by molar-refractivity contribution is 7.10. The molecule has 1 fully saturated rings. The molecule has 1 aromatic heterocycles. The standard InChI is InChI=1S/C19H30N4OS/c1-3-19(8-4-9-19)14-22-18(20-2)21-10-5-17(24)23-11-6-16-15(13-23)7-12-25-16/h7,12H,3-6,8-11,13-14H2,1-2H3,(H2,20,21,22). The number of guanidine groups is 1. The number of rotatable bonds is 6. The maximum absolute atomic E-state index is 12.4. The van der Waals surface area contributed by atoms with E-state index in [1.807, 2.05) is 4.90 Å². The molecule has 2 aliphatic rings. The van der Waals surface area contributed by atoms with Gasteiger partial charge in [0.2, 0.25) is 5.91 Å². The van der Waals surface area contributed by atoms with E-state index < -0.39 is 0 Å². The van der Waals surface area contributed by atoms with E-state index in [0.29, 0.717) is 18.4 Å². The third-order valence-corrected chi connectivity index (χ3v) is 6.83. The number of nitrogens with one attached hydrogen (secondary N) is 2. The van der Waals surface area contributed by atoms with Gasteiger partial charge < -0.3 is 15.5 Å². The molecule has 0 radical (unpaired) electrons. The second-order valence-electron chi connectivity index (χ2n) is 7.24. The smallest absolute Gasteiger partial charge is 0.224 e. The predicted molar refractivity (Wildman–Crippen MR) is 104 cm³/mol. The number of thiophene rings is 1. The molecule has 138 valence electrons. The lowest BCUT2D eigenvalue weighted by Crippen LogP contribution is -2.47. The van der Waals surface area contributed by atoms with Crippen molar-refractivity contribution in [3.63, 3.8) is 0 Å². The van der Waals surface area contributed by atoms with Gasteiger partial charge in [-0.05, 0) is 48.1 Å². The Kier molecular flexibility index (Phi) is 5.99. The lowest BCUT2D eigenvalue weighted by atomic mass is 9.67. The number of hydrogen-bond acceptors (Lipinski definition) is 3. The molecule has 1 aliphatic heterocycles. The number of fused-ring (bicyclic) bond motifs is 1. The maximum atomic E-state index is 12.4. The Morgan fingerprint density at radius 1 is 1.40 bits per heavy atom. The summed E-state index contributed by atoms with van der Waals surface area (Å²) < 4.78 is 0. The molecule has 5 nitrogen and oxygen atoms in total. The van der Waals surface area contributed by atoms with Crippen molar-refractivity contribution in [3.05, 3.63) is 21.9 Å². The van der Waals surface area contributed by atoms with Crippen molar-refractivity contribution in [1.82, 2.24) is 15.5 Å². The van der Waals surface area contributed by atoms with Crippen LogP contribution in [0.3, 0.4) is 0 Å². The van der Waals surface area contributed by atoms with Gasteiger partial charge in [-0.25, -0.2) is 0 Å². The van der Waals surface area contributed by atoms with Crippen molar-refractivity contribution in [2.45, 2.75) is 52.0 Å². The Labute approximate surface area is 154 Å². The average Bonchev–Trinajstić information content (AvgIpc) is 3.07. The molecule has 0 aromatic carbocycles. The van der Waals surface area contributed by atoms with Crippen LogP contribution >= 0.6 is 11.3 Å². The summed E-state index contributed by atoms with van der Waals surface area (Å²) in [5.74, 6) is 1.04. The quantitative estimate of drug-likeness (QED) is 0.604. The van der Waals surface area contributed by atoms with Crippen LogP contribution in [0.2, 0.25) is 0 Å². The Bertz CT molecular complexity index is 615. The Hall–Kier alpha value is -1.56. The van der Waals surface area contributed by atoms with E-state index in [1.54, 1.807) is 18.4 Å². The summed E-state index contributed by atoms with van der Waals surface area (Å²) in [4.78, 5) is 20.2. The first-order valence-electron chi connectivity index (χ1n) is 9.43. The van der Waals surface area contributed by atoms with E-state index in [4.69, 9.17) is 0 Å². The van der Waals surface area contributed by atoms with Gasteiger partial charge in [-0.3, -0.25) is 9.79 Å². The van der Waals surface area contributed by atoms with E-state index in [0.717, 1.165) is 32.0 Å². The monoisotopic (exact) mass is 362 g/mol. The minimum Gasteiger partial charge on any atom is -0.356 e. The predicted octanol–water partition coefficient (Wildman–Crippen LogP) is 2.77. The van der Waals surface area contributed by atoms with Crippen LogP contribution in [0.25, 0.3) is 0 Å². The first kappa shape index (κ1) is 18.2. The molecule has 1 amide bonds. The summed E-state index contributed by atoms with van der Waals surface area (Å²) in [6.07, 6.45) is 6.69. The van der Waals surface area contributed by atoms with Crippen LogP contribution in [0.4, 0.5) is 0 Å². The first-order valence-corrected chi connectivity index (χ1v) is 10.3. The van der Waals surface area contributed by atoms with E-state index in [-0.39, 0.29) is 5.91 Å². The summed E-state index contributed by atoms with van der Waals surface area (Å²) in [6, 6.07) is 2.15. The highest BCUT2D eigenvalue weighted by atomic mass is 32.1. The topological polar surface area (TPSA) is 56.7 Å². The minimum absolute atomic E-state index is 0.226. The number of carbonyl (C=O) groups excluding carboxylic acids is 1. The molecule has 1 aromatic rings.